The number of nitro groups is 2. The number of halogens is 8. The highest BCUT2D eigenvalue weighted by Gasteiger charge is 2.43. The number of rotatable bonds is 24. The monoisotopic (exact) mass is 1100 g/mol. The molecule has 0 radical (unpaired) electrons. The topological polar surface area (TPSA) is 177 Å². The van der Waals surface area contributed by atoms with Gasteiger partial charge in [0.2, 0.25) is 11.8 Å². The van der Waals surface area contributed by atoms with Crippen LogP contribution in [0.3, 0.4) is 0 Å². The molecule has 69 heavy (non-hydrogen) atoms. The van der Waals surface area contributed by atoms with E-state index in [-0.39, 0.29) is 94.4 Å². The molecule has 23 heteroatoms. The predicted octanol–water partition coefficient (Wildman–Crippen LogP) is 14.0. The van der Waals surface area contributed by atoms with E-state index >= 15 is 0 Å². The highest BCUT2D eigenvalue weighted by molar-refractivity contribution is 6.56. The van der Waals surface area contributed by atoms with Gasteiger partial charge in [-0.05, 0) is 60.7 Å². The van der Waals surface area contributed by atoms with Crippen molar-refractivity contribution in [2.75, 3.05) is 26.4 Å². The number of pyridine rings is 2. The summed E-state index contributed by atoms with van der Waals surface area (Å²) in [6.45, 7) is 0.0295. The van der Waals surface area contributed by atoms with Crippen molar-refractivity contribution in [2.24, 2.45) is 11.8 Å². The molecule has 15 nitrogen and oxygen atoms in total. The van der Waals surface area contributed by atoms with Crippen LogP contribution < -0.4 is 18.9 Å². The van der Waals surface area contributed by atoms with Gasteiger partial charge in [0, 0.05) is 49.5 Å². The molecule has 2 aromatic carbocycles. The van der Waals surface area contributed by atoms with Crippen LogP contribution in [0.1, 0.15) is 12.8 Å². The van der Waals surface area contributed by atoms with Crippen molar-refractivity contribution in [2.45, 2.75) is 33.7 Å². The lowest BCUT2D eigenvalue weighted by atomic mass is 9.90. The molecule has 0 aliphatic heterocycles. The van der Waals surface area contributed by atoms with Gasteiger partial charge >= 0.3 is 0 Å². The van der Waals surface area contributed by atoms with E-state index in [2.05, 4.69) is 9.97 Å². The number of non-ortho nitro benzene ring substituents is 2. The highest BCUT2D eigenvalue weighted by atomic mass is 35.5. The van der Waals surface area contributed by atoms with Crippen LogP contribution >= 0.6 is 92.8 Å². The van der Waals surface area contributed by atoms with Gasteiger partial charge in [0.05, 0.1) is 47.0 Å². The van der Waals surface area contributed by atoms with Crippen LogP contribution in [0.15, 0.2) is 154 Å². The number of ether oxygens (including phenoxy) is 7. The number of nitro benzene ring substituents is 2. The van der Waals surface area contributed by atoms with Gasteiger partial charge in [-0.1, -0.05) is 117 Å². The molecule has 0 bridgehead atoms. The van der Waals surface area contributed by atoms with Gasteiger partial charge in [-0.25, -0.2) is 9.97 Å². The molecule has 2 heterocycles. The van der Waals surface area contributed by atoms with Crippen molar-refractivity contribution in [1.82, 2.24) is 9.97 Å². The minimum atomic E-state index is -1.65. The van der Waals surface area contributed by atoms with Gasteiger partial charge in [-0.15, -0.1) is 0 Å². The molecular formula is C46H38Cl8N4O11. The normalized spacial score (nSPS) is 17.5. The van der Waals surface area contributed by atoms with Crippen LogP contribution in [0.4, 0.5) is 11.4 Å². The minimum absolute atomic E-state index is 0.00415. The fourth-order valence-electron chi connectivity index (χ4n) is 6.71. The summed E-state index contributed by atoms with van der Waals surface area (Å²) in [5.74, 6) is -0.397. The maximum atomic E-state index is 12.0. The Hall–Kier alpha value is -4.94. The average molecular weight is 1110 g/mol. The molecule has 0 saturated heterocycles. The summed E-state index contributed by atoms with van der Waals surface area (Å²) in [6, 6.07) is 17.8. The lowest BCUT2D eigenvalue weighted by molar-refractivity contribution is -0.385. The first-order valence-electron chi connectivity index (χ1n) is 20.5. The predicted molar refractivity (Wildman–Crippen MR) is 265 cm³/mol. The van der Waals surface area contributed by atoms with E-state index in [0.29, 0.717) is 11.5 Å². The summed E-state index contributed by atoms with van der Waals surface area (Å²) in [6.07, 6.45) is 13.8. The van der Waals surface area contributed by atoms with E-state index in [1.54, 1.807) is 60.7 Å². The van der Waals surface area contributed by atoms with E-state index in [4.69, 9.17) is 126 Å². The molecular weight excluding hydrogens is 1070 g/mol. The summed E-state index contributed by atoms with van der Waals surface area (Å²) in [4.78, 5) is 31.2. The Morgan fingerprint density at radius 3 is 1.39 bits per heavy atom. The molecule has 0 spiro atoms. The zero-order valence-electron chi connectivity index (χ0n) is 35.6. The Morgan fingerprint density at radius 1 is 0.623 bits per heavy atom. The van der Waals surface area contributed by atoms with Crippen molar-refractivity contribution in [3.63, 3.8) is 0 Å². The van der Waals surface area contributed by atoms with Crippen molar-refractivity contribution < 1.29 is 43.0 Å². The Bertz CT molecular complexity index is 2430. The summed E-state index contributed by atoms with van der Waals surface area (Å²) in [5.41, 5.74) is -0.561. The van der Waals surface area contributed by atoms with Gasteiger partial charge in [0.15, 0.2) is 23.0 Å². The number of hydrogen-bond acceptors (Lipinski definition) is 13. The van der Waals surface area contributed by atoms with Gasteiger partial charge in [-0.2, -0.15) is 0 Å². The van der Waals surface area contributed by atoms with Crippen LogP contribution in [-0.4, -0.2) is 67.1 Å². The fraction of sp³-hybridized carbons (Fsp3) is 0.261. The quantitative estimate of drug-likeness (QED) is 0.0280. The molecule has 4 unspecified atom stereocenters. The highest BCUT2D eigenvalue weighted by Crippen LogP contribution is 2.46. The zero-order chi connectivity index (χ0) is 49.6. The van der Waals surface area contributed by atoms with Crippen LogP contribution in [0.2, 0.25) is 0 Å². The van der Waals surface area contributed by atoms with Gasteiger partial charge < -0.3 is 33.2 Å². The molecule has 4 aromatic rings. The van der Waals surface area contributed by atoms with Crippen LogP contribution in [0, 0.1) is 32.1 Å². The number of allylic oxidation sites excluding steroid dienone is 4. The maximum Gasteiger partial charge on any atom is 0.273 e. The molecule has 0 saturated carbocycles. The molecule has 0 amide bonds. The summed E-state index contributed by atoms with van der Waals surface area (Å²) < 4.78 is 39.5. The molecule has 0 fully saturated rings. The van der Waals surface area contributed by atoms with Crippen molar-refractivity contribution in [3.8, 4) is 34.8 Å². The second kappa shape index (κ2) is 25.3. The zero-order valence-corrected chi connectivity index (χ0v) is 41.6. The Kier molecular flexibility index (Phi) is 19.6. The first-order chi connectivity index (χ1) is 33.0. The van der Waals surface area contributed by atoms with E-state index in [0.717, 1.165) is 0 Å². The lowest BCUT2D eigenvalue weighted by Crippen LogP contribution is -2.40. The molecule has 2 aliphatic rings. The number of hydrogen-bond donors (Lipinski definition) is 0. The second-order valence-corrected chi connectivity index (χ2v) is 19.5. The third-order valence-corrected chi connectivity index (χ3v) is 12.0. The van der Waals surface area contributed by atoms with Gasteiger partial charge in [-0.3, -0.25) is 20.2 Å². The van der Waals surface area contributed by atoms with Crippen molar-refractivity contribution in [3.05, 3.63) is 175 Å². The molecule has 2 aliphatic carbocycles. The molecule has 4 atom stereocenters. The number of benzene rings is 2. The van der Waals surface area contributed by atoms with E-state index in [1.807, 2.05) is 0 Å². The molecule has 2 aromatic heterocycles. The second-order valence-electron chi connectivity index (χ2n) is 14.6. The average Bonchev–Trinajstić information content (AvgIpc) is 3.29. The third kappa shape index (κ3) is 16.0. The lowest BCUT2D eigenvalue weighted by Gasteiger charge is -2.35. The number of nitrogens with zero attached hydrogens (tertiary/aromatic N) is 4. The summed E-state index contributed by atoms with van der Waals surface area (Å²) >= 11 is 51.0. The first kappa shape index (κ1) is 53.4. The summed E-state index contributed by atoms with van der Waals surface area (Å²) in [5, 5.41) is 23.9. The molecule has 6 rings (SSSR count). The standard InChI is InChI=1S/C46H38Cl8N4O11/c47-41(48)17-23-64-31-9-11-33(45(51,52)27-31)35(66-39-25-29(57(59)60)7-13-37(39)68-43-5-1-3-19-55-43)15-21-63-22-16-36(34-12-10-32(28-46(34,53)54)65-24-18-42(49)50)67-40-26-30(58(61)62)8-14-38(40)69-44-6-2-4-20-56-44/h1-14,17-20,25-28,33-36H,15-16,21-24H2. The van der Waals surface area contributed by atoms with Gasteiger partial charge in [0.1, 0.15) is 54.6 Å². The molecule has 0 N–H and O–H groups in total. The Balaban J connectivity index is 1.26. The molecule has 364 valence electrons. The van der Waals surface area contributed by atoms with Crippen molar-refractivity contribution in [1.29, 1.82) is 0 Å². The fourth-order valence-corrected chi connectivity index (χ4v) is 8.25. The first-order valence-corrected chi connectivity index (χ1v) is 23.5. The smallest absolute Gasteiger partial charge is 0.273 e. The SMILES string of the molecule is O=[N+]([O-])c1ccc(Oc2ccccn2)c(OC(CCOCCC(Oc2cc([N+](=O)[O-])ccc2Oc2ccccn2)C2C=CC(OCC=C(Cl)Cl)=CC2(Cl)Cl)C2C=CC(OCC=C(Cl)Cl)=CC2(Cl)Cl)c1. The van der Waals surface area contributed by atoms with Crippen molar-refractivity contribution >= 4 is 104 Å². The van der Waals surface area contributed by atoms with Crippen LogP contribution in [0.5, 0.6) is 34.8 Å². The Morgan fingerprint density at radius 2 is 1.04 bits per heavy atom. The van der Waals surface area contributed by atoms with Crippen LogP contribution in [0.25, 0.3) is 0 Å². The number of aromatic nitrogens is 2. The van der Waals surface area contributed by atoms with E-state index < -0.39 is 42.6 Å². The maximum absolute atomic E-state index is 12.0. The van der Waals surface area contributed by atoms with Gasteiger partial charge in [0.25, 0.3) is 11.4 Å². The third-order valence-electron chi connectivity index (χ3n) is 9.90. The largest absolute Gasteiger partial charge is 0.490 e. The van der Waals surface area contributed by atoms with E-state index in [9.17, 15) is 20.2 Å². The number of alkyl halides is 4. The Labute approximate surface area is 435 Å². The van der Waals surface area contributed by atoms with E-state index in [1.165, 1.54) is 73.1 Å². The van der Waals surface area contributed by atoms with Crippen LogP contribution in [-0.2, 0) is 14.2 Å². The summed E-state index contributed by atoms with van der Waals surface area (Å²) in [7, 11) is 0. The minimum Gasteiger partial charge on any atom is -0.490 e.